The lowest BCUT2D eigenvalue weighted by Crippen LogP contribution is -2.49. The maximum atomic E-state index is 12.3. The van der Waals surface area contributed by atoms with E-state index in [0.717, 1.165) is 58.2 Å². The molecular weight excluding hydrogens is 330 g/mol. The third-order valence-electron chi connectivity index (χ3n) is 5.38. The summed E-state index contributed by atoms with van der Waals surface area (Å²) in [5, 5.41) is 6.77. The third-order valence-corrected chi connectivity index (χ3v) is 5.60. The molecule has 0 aromatic heterocycles. The van der Waals surface area contributed by atoms with E-state index in [2.05, 4.69) is 45.9 Å². The molecule has 25 heavy (non-hydrogen) atoms. The van der Waals surface area contributed by atoms with Crippen molar-refractivity contribution in [1.82, 2.24) is 15.5 Å². The number of benzene rings is 1. The van der Waals surface area contributed by atoms with Crippen molar-refractivity contribution < 1.29 is 4.79 Å². The van der Waals surface area contributed by atoms with E-state index in [0.29, 0.717) is 11.2 Å². The molecule has 1 aliphatic heterocycles. The molecule has 1 aliphatic carbocycles. The highest BCUT2D eigenvalue weighted by molar-refractivity contribution is 7.80. The third kappa shape index (κ3) is 5.79. The Hall–Kier alpha value is -1.46. The maximum Gasteiger partial charge on any atom is 0.229 e. The molecule has 1 saturated heterocycles. The largest absolute Gasteiger partial charge is 0.360 e. The molecule has 2 N–H and O–H groups in total. The van der Waals surface area contributed by atoms with Crippen LogP contribution in [0.2, 0.25) is 0 Å². The van der Waals surface area contributed by atoms with Gasteiger partial charge in [0.05, 0.1) is 0 Å². The zero-order valence-corrected chi connectivity index (χ0v) is 15.7. The monoisotopic (exact) mass is 359 g/mol. The van der Waals surface area contributed by atoms with Crippen molar-refractivity contribution in [3.8, 4) is 0 Å². The second kappa shape index (κ2) is 9.30. The second-order valence-electron chi connectivity index (χ2n) is 7.33. The van der Waals surface area contributed by atoms with E-state index in [1.165, 1.54) is 12.0 Å². The first-order valence-electron chi connectivity index (χ1n) is 9.58. The molecule has 1 heterocycles. The van der Waals surface area contributed by atoms with Gasteiger partial charge in [0.25, 0.3) is 0 Å². The molecular formula is C20H29N3OS. The number of carbonyl (C=O) groups excluding carboxylic acids is 1. The van der Waals surface area contributed by atoms with Crippen LogP contribution in [0.4, 0.5) is 0 Å². The van der Waals surface area contributed by atoms with Gasteiger partial charge in [-0.05, 0) is 43.5 Å². The molecule has 0 spiro atoms. The van der Waals surface area contributed by atoms with Crippen molar-refractivity contribution in [2.24, 2.45) is 5.92 Å². The Kier molecular flexibility index (Phi) is 6.82. The Labute approximate surface area is 156 Å². The molecule has 1 aromatic rings. The predicted octanol–water partition coefficient (Wildman–Crippen LogP) is 3.22. The van der Waals surface area contributed by atoms with Crippen molar-refractivity contribution in [1.29, 1.82) is 0 Å². The number of thiocarbonyl (C=S) groups is 1. The first-order valence-corrected chi connectivity index (χ1v) is 9.99. The zero-order chi connectivity index (χ0) is 17.5. The highest BCUT2D eigenvalue weighted by Crippen LogP contribution is 2.23. The zero-order valence-electron chi connectivity index (χ0n) is 14.9. The minimum absolute atomic E-state index is 0.110. The average Bonchev–Trinajstić information content (AvgIpc) is 2.65. The van der Waals surface area contributed by atoms with Crippen LogP contribution in [0.1, 0.15) is 50.5 Å². The van der Waals surface area contributed by atoms with Crippen LogP contribution >= 0.6 is 12.2 Å². The molecule has 136 valence electrons. The maximum absolute atomic E-state index is 12.3. The number of carbonyl (C=O) groups is 1. The van der Waals surface area contributed by atoms with Gasteiger partial charge in [0, 0.05) is 31.6 Å². The van der Waals surface area contributed by atoms with Gasteiger partial charge < -0.3 is 10.6 Å². The van der Waals surface area contributed by atoms with Crippen LogP contribution in [0.15, 0.2) is 30.3 Å². The number of hydrogen-bond donors (Lipinski definition) is 2. The summed E-state index contributed by atoms with van der Waals surface area (Å²) in [6, 6.07) is 11.0. The summed E-state index contributed by atoms with van der Waals surface area (Å²) in [5.74, 6) is 0.264. The van der Waals surface area contributed by atoms with E-state index in [4.69, 9.17) is 12.2 Å². The summed E-state index contributed by atoms with van der Waals surface area (Å²) in [6.07, 6.45) is 7.72. The molecule has 0 bridgehead atoms. The summed E-state index contributed by atoms with van der Waals surface area (Å²) in [5.41, 5.74) is 1.36. The topological polar surface area (TPSA) is 44.4 Å². The van der Waals surface area contributed by atoms with Crippen LogP contribution in [0, 0.1) is 5.92 Å². The van der Waals surface area contributed by atoms with E-state index in [1.54, 1.807) is 0 Å². The molecule has 0 unspecified atom stereocenters. The second-order valence-corrected chi connectivity index (χ2v) is 7.74. The van der Waals surface area contributed by atoms with E-state index in [-0.39, 0.29) is 11.8 Å². The minimum atomic E-state index is 0.110. The van der Waals surface area contributed by atoms with Crippen molar-refractivity contribution in [3.63, 3.8) is 0 Å². The van der Waals surface area contributed by atoms with E-state index in [9.17, 15) is 4.79 Å². The minimum Gasteiger partial charge on any atom is -0.360 e. The summed E-state index contributed by atoms with van der Waals surface area (Å²) in [6.45, 7) is 3.13. The van der Waals surface area contributed by atoms with Crippen LogP contribution < -0.4 is 10.6 Å². The molecule has 1 saturated carbocycles. The van der Waals surface area contributed by atoms with Gasteiger partial charge >= 0.3 is 0 Å². The lowest BCUT2D eigenvalue weighted by Gasteiger charge is -2.33. The molecule has 0 radical (unpaired) electrons. The molecule has 2 fully saturated rings. The molecule has 5 heteroatoms. The van der Waals surface area contributed by atoms with Gasteiger partial charge in [-0.2, -0.15) is 0 Å². The van der Waals surface area contributed by atoms with Gasteiger partial charge in [-0.25, -0.2) is 0 Å². The lowest BCUT2D eigenvalue weighted by atomic mass is 9.89. The molecule has 1 amide bonds. The van der Waals surface area contributed by atoms with Gasteiger partial charge in [-0.1, -0.05) is 49.6 Å². The van der Waals surface area contributed by atoms with Gasteiger partial charge in [0.2, 0.25) is 5.91 Å². The number of nitrogens with one attached hydrogen (secondary N) is 2. The van der Waals surface area contributed by atoms with Crippen molar-refractivity contribution in [2.45, 2.75) is 57.5 Å². The van der Waals surface area contributed by atoms with Crippen LogP contribution in [-0.4, -0.2) is 35.1 Å². The highest BCUT2D eigenvalue weighted by Gasteiger charge is 2.23. The van der Waals surface area contributed by atoms with Crippen molar-refractivity contribution >= 4 is 23.2 Å². The fourth-order valence-electron chi connectivity index (χ4n) is 3.88. The number of likely N-dealkylation sites (tertiary alicyclic amines) is 1. The van der Waals surface area contributed by atoms with Gasteiger partial charge in [-0.15, -0.1) is 0 Å². The quantitative estimate of drug-likeness (QED) is 0.810. The summed E-state index contributed by atoms with van der Waals surface area (Å²) in [7, 11) is 0. The van der Waals surface area contributed by atoms with E-state index >= 15 is 0 Å². The normalized spacial score (nSPS) is 20.2. The Morgan fingerprint density at radius 1 is 1.04 bits per heavy atom. The fourth-order valence-corrected chi connectivity index (χ4v) is 4.14. The van der Waals surface area contributed by atoms with Crippen LogP contribution in [0.5, 0.6) is 0 Å². The Balaban J connectivity index is 1.36. The first-order chi connectivity index (χ1) is 12.2. The molecule has 4 nitrogen and oxygen atoms in total. The van der Waals surface area contributed by atoms with Crippen LogP contribution in [0.25, 0.3) is 0 Å². The van der Waals surface area contributed by atoms with Gasteiger partial charge in [0.1, 0.15) is 0 Å². The van der Waals surface area contributed by atoms with Crippen LogP contribution in [-0.2, 0) is 11.3 Å². The average molecular weight is 360 g/mol. The Morgan fingerprint density at radius 3 is 2.40 bits per heavy atom. The smallest absolute Gasteiger partial charge is 0.229 e. The summed E-state index contributed by atoms with van der Waals surface area (Å²) < 4.78 is 0. The standard InChI is InChI=1S/C20H29N3OS/c24-19(17-9-5-2-6-10-17)22-20(25)21-18-11-13-23(14-12-18)15-16-7-3-1-4-8-16/h1,3-4,7-8,17-18H,2,5-6,9-15H2,(H2,21,22,24,25). The number of amides is 1. The van der Waals surface area contributed by atoms with Crippen LogP contribution in [0.3, 0.4) is 0 Å². The Bertz CT molecular complexity index is 564. The van der Waals surface area contributed by atoms with Crippen molar-refractivity contribution in [3.05, 3.63) is 35.9 Å². The number of nitrogens with zero attached hydrogens (tertiary/aromatic N) is 1. The molecule has 1 aromatic carbocycles. The molecule has 0 atom stereocenters. The van der Waals surface area contributed by atoms with Gasteiger partial charge in [0.15, 0.2) is 5.11 Å². The van der Waals surface area contributed by atoms with Crippen molar-refractivity contribution in [2.75, 3.05) is 13.1 Å². The fraction of sp³-hybridized carbons (Fsp3) is 0.600. The van der Waals surface area contributed by atoms with Gasteiger partial charge in [-0.3, -0.25) is 9.69 Å². The summed E-state index contributed by atoms with van der Waals surface area (Å²) >= 11 is 5.36. The number of piperidine rings is 1. The SMILES string of the molecule is O=C(NC(=S)NC1CCN(Cc2ccccc2)CC1)C1CCCCC1. The van der Waals surface area contributed by atoms with E-state index in [1.807, 2.05) is 0 Å². The molecule has 2 aliphatic rings. The number of hydrogen-bond acceptors (Lipinski definition) is 3. The highest BCUT2D eigenvalue weighted by atomic mass is 32.1. The predicted molar refractivity (Wildman–Crippen MR) is 105 cm³/mol. The van der Waals surface area contributed by atoms with E-state index < -0.39 is 0 Å². The summed E-state index contributed by atoms with van der Waals surface area (Å²) in [4.78, 5) is 14.7. The molecule has 3 rings (SSSR count). The lowest BCUT2D eigenvalue weighted by molar-refractivity contribution is -0.124. The number of rotatable bonds is 4. The Morgan fingerprint density at radius 2 is 1.72 bits per heavy atom. The first kappa shape index (κ1) is 18.3.